The van der Waals surface area contributed by atoms with Crippen LogP contribution in [-0.4, -0.2) is 43.1 Å². The lowest BCUT2D eigenvalue weighted by atomic mass is 10.0. The average molecular weight is 351 g/mol. The second kappa shape index (κ2) is 7.08. The van der Waals surface area contributed by atoms with E-state index in [1.165, 1.54) is 5.56 Å². The number of hydrogen-bond acceptors (Lipinski definition) is 5. The molecular weight excluding hydrogens is 326 g/mol. The molecule has 26 heavy (non-hydrogen) atoms. The van der Waals surface area contributed by atoms with Crippen LogP contribution in [0.5, 0.6) is 5.75 Å². The normalized spacial score (nSPS) is 19.0. The van der Waals surface area contributed by atoms with E-state index >= 15 is 0 Å². The quantitative estimate of drug-likeness (QED) is 0.828. The van der Waals surface area contributed by atoms with Crippen molar-refractivity contribution in [2.45, 2.75) is 39.0 Å². The molecular formula is C21H25N3O2. The van der Waals surface area contributed by atoms with E-state index < -0.39 is 0 Å². The predicted octanol–water partition coefficient (Wildman–Crippen LogP) is 3.44. The third-order valence-electron chi connectivity index (χ3n) is 4.94. The molecule has 3 heterocycles. The number of methoxy groups -OCH3 is 1. The third-order valence-corrected chi connectivity index (χ3v) is 4.94. The fraction of sp³-hybridized carbons (Fsp3) is 0.429. The highest BCUT2D eigenvalue weighted by atomic mass is 16.5. The predicted molar refractivity (Wildman–Crippen MR) is 103 cm³/mol. The van der Waals surface area contributed by atoms with Crippen molar-refractivity contribution >= 4 is 11.5 Å². The Kier molecular flexibility index (Phi) is 4.64. The first kappa shape index (κ1) is 17.0. The van der Waals surface area contributed by atoms with Gasteiger partial charge in [-0.15, -0.1) is 0 Å². The largest absolute Gasteiger partial charge is 0.491 e. The number of rotatable bonds is 5. The summed E-state index contributed by atoms with van der Waals surface area (Å²) < 4.78 is 11.3. The smallest absolute Gasteiger partial charge is 0.129 e. The maximum atomic E-state index is 5.86. The van der Waals surface area contributed by atoms with Crippen LogP contribution < -0.4 is 9.64 Å². The molecule has 1 aromatic carbocycles. The van der Waals surface area contributed by atoms with Crippen LogP contribution in [0, 0.1) is 0 Å². The minimum atomic E-state index is 0.159. The molecule has 2 aliphatic rings. The summed E-state index contributed by atoms with van der Waals surface area (Å²) in [6.07, 6.45) is 3.37. The van der Waals surface area contributed by atoms with Gasteiger partial charge >= 0.3 is 0 Å². The van der Waals surface area contributed by atoms with E-state index in [2.05, 4.69) is 28.1 Å². The zero-order valence-electron chi connectivity index (χ0n) is 15.6. The molecule has 4 rings (SSSR count). The fourth-order valence-electron chi connectivity index (χ4n) is 3.62. The maximum Gasteiger partial charge on any atom is 0.129 e. The lowest BCUT2D eigenvalue weighted by molar-refractivity contribution is 0.121. The van der Waals surface area contributed by atoms with Crippen molar-refractivity contribution in [3.8, 4) is 5.75 Å². The molecule has 0 N–H and O–H groups in total. The summed E-state index contributed by atoms with van der Waals surface area (Å²) in [5, 5.41) is 0. The van der Waals surface area contributed by atoms with Crippen molar-refractivity contribution in [2.75, 3.05) is 25.1 Å². The summed E-state index contributed by atoms with van der Waals surface area (Å²) in [4.78, 5) is 11.6. The van der Waals surface area contributed by atoms with E-state index in [9.17, 15) is 0 Å². The van der Waals surface area contributed by atoms with Gasteiger partial charge in [-0.05, 0) is 50.1 Å². The van der Waals surface area contributed by atoms with Crippen LogP contribution in [0.1, 0.15) is 37.0 Å². The van der Waals surface area contributed by atoms with Crippen LogP contribution in [0.3, 0.4) is 0 Å². The number of anilines is 1. The van der Waals surface area contributed by atoms with Gasteiger partial charge in [-0.2, -0.15) is 0 Å². The van der Waals surface area contributed by atoms with Gasteiger partial charge in [0.25, 0.3) is 0 Å². The molecule has 0 spiro atoms. The first-order valence-corrected chi connectivity index (χ1v) is 9.22. The summed E-state index contributed by atoms with van der Waals surface area (Å²) in [6.45, 7) is 6.67. The molecule has 136 valence electrons. The summed E-state index contributed by atoms with van der Waals surface area (Å²) in [6, 6.07) is 10.4. The summed E-state index contributed by atoms with van der Waals surface area (Å²) >= 11 is 0. The molecule has 5 nitrogen and oxygen atoms in total. The van der Waals surface area contributed by atoms with E-state index in [0.29, 0.717) is 6.10 Å². The van der Waals surface area contributed by atoms with Crippen molar-refractivity contribution in [1.82, 2.24) is 4.98 Å². The molecule has 0 aliphatic carbocycles. The lowest BCUT2D eigenvalue weighted by Crippen LogP contribution is -2.23. The summed E-state index contributed by atoms with van der Waals surface area (Å²) in [5.74, 6) is 1.89. The van der Waals surface area contributed by atoms with Crippen LogP contribution in [0.25, 0.3) is 0 Å². The van der Waals surface area contributed by atoms with Crippen LogP contribution in [-0.2, 0) is 11.3 Å². The zero-order chi connectivity index (χ0) is 18.1. The standard InChI is InChI=1S/C21H25N3O2/c1-14(2)26-17-5-4-16-12-23-21(19(16)11-17)15-6-8-22-20(10-15)24-9-7-18(13-24)25-3/h4-6,8,10-11,14,18H,7,9,12-13H2,1-3H3/t18-/m1/s1. The number of fused-ring (bicyclic) bond motifs is 1. The molecule has 1 aromatic heterocycles. The van der Waals surface area contributed by atoms with Gasteiger partial charge in [0.05, 0.1) is 24.5 Å². The number of nitrogens with zero attached hydrogens (tertiary/aromatic N) is 3. The maximum absolute atomic E-state index is 5.86. The minimum absolute atomic E-state index is 0.159. The highest BCUT2D eigenvalue weighted by Crippen LogP contribution is 2.29. The Balaban J connectivity index is 1.61. The Morgan fingerprint density at radius 3 is 2.85 bits per heavy atom. The molecule has 1 fully saturated rings. The van der Waals surface area contributed by atoms with Gasteiger partial charge in [0, 0.05) is 37.5 Å². The van der Waals surface area contributed by atoms with Gasteiger partial charge in [0.1, 0.15) is 11.6 Å². The van der Waals surface area contributed by atoms with Crippen LogP contribution in [0.15, 0.2) is 41.5 Å². The summed E-state index contributed by atoms with van der Waals surface area (Å²) in [5.41, 5.74) is 4.54. The molecule has 0 bridgehead atoms. The number of aliphatic imine (C=N–C) groups is 1. The van der Waals surface area contributed by atoms with Gasteiger partial charge in [-0.1, -0.05) is 6.07 Å². The molecule has 0 amide bonds. The Labute approximate surface area is 154 Å². The molecule has 1 atom stereocenters. The third kappa shape index (κ3) is 3.31. The van der Waals surface area contributed by atoms with E-state index in [1.807, 2.05) is 32.2 Å². The molecule has 5 heteroatoms. The molecule has 2 aromatic rings. The number of pyridine rings is 1. The molecule has 2 aliphatic heterocycles. The number of aromatic nitrogens is 1. The molecule has 0 saturated carbocycles. The van der Waals surface area contributed by atoms with Crippen LogP contribution in [0.2, 0.25) is 0 Å². The van der Waals surface area contributed by atoms with Crippen molar-refractivity contribution in [1.29, 1.82) is 0 Å². The summed E-state index contributed by atoms with van der Waals surface area (Å²) in [7, 11) is 1.78. The van der Waals surface area contributed by atoms with Gasteiger partial charge in [-0.25, -0.2) is 4.98 Å². The first-order valence-electron chi connectivity index (χ1n) is 9.22. The van der Waals surface area contributed by atoms with Crippen molar-refractivity contribution < 1.29 is 9.47 Å². The van der Waals surface area contributed by atoms with Gasteiger partial charge < -0.3 is 14.4 Å². The Bertz CT molecular complexity index is 832. The monoisotopic (exact) mass is 351 g/mol. The van der Waals surface area contributed by atoms with Crippen LogP contribution in [0.4, 0.5) is 5.82 Å². The number of hydrogen-bond donors (Lipinski definition) is 0. The number of benzene rings is 1. The second-order valence-electron chi connectivity index (χ2n) is 7.15. The lowest BCUT2D eigenvalue weighted by Gasteiger charge is -2.18. The topological polar surface area (TPSA) is 47.0 Å². The van der Waals surface area contributed by atoms with Crippen molar-refractivity contribution in [3.05, 3.63) is 53.2 Å². The fourth-order valence-corrected chi connectivity index (χ4v) is 3.62. The highest BCUT2D eigenvalue weighted by Gasteiger charge is 2.24. The van der Waals surface area contributed by atoms with Crippen molar-refractivity contribution in [3.63, 3.8) is 0 Å². The molecule has 0 radical (unpaired) electrons. The van der Waals surface area contributed by atoms with E-state index in [1.54, 1.807) is 7.11 Å². The highest BCUT2D eigenvalue weighted by molar-refractivity contribution is 6.15. The van der Waals surface area contributed by atoms with E-state index in [0.717, 1.165) is 54.5 Å². The Hall–Kier alpha value is -2.40. The molecule has 0 unspecified atom stereocenters. The second-order valence-corrected chi connectivity index (χ2v) is 7.15. The van der Waals surface area contributed by atoms with Gasteiger partial charge in [-0.3, -0.25) is 4.99 Å². The Morgan fingerprint density at radius 2 is 2.08 bits per heavy atom. The van der Waals surface area contributed by atoms with Gasteiger partial charge in [0.15, 0.2) is 0 Å². The van der Waals surface area contributed by atoms with E-state index in [-0.39, 0.29) is 6.10 Å². The van der Waals surface area contributed by atoms with Crippen molar-refractivity contribution in [2.24, 2.45) is 4.99 Å². The average Bonchev–Trinajstić information content (AvgIpc) is 3.28. The number of ether oxygens (including phenoxy) is 2. The Morgan fingerprint density at radius 1 is 1.19 bits per heavy atom. The van der Waals surface area contributed by atoms with Crippen LogP contribution >= 0.6 is 0 Å². The van der Waals surface area contributed by atoms with Gasteiger partial charge in [0.2, 0.25) is 0 Å². The molecule has 1 saturated heterocycles. The first-order chi connectivity index (χ1) is 12.6. The minimum Gasteiger partial charge on any atom is -0.491 e. The van der Waals surface area contributed by atoms with E-state index in [4.69, 9.17) is 14.5 Å². The zero-order valence-corrected chi connectivity index (χ0v) is 15.6. The SMILES string of the molecule is CO[C@@H]1CCN(c2cc(C3=NCc4ccc(OC(C)C)cc43)ccn2)C1.